The van der Waals surface area contributed by atoms with E-state index in [1.165, 1.54) is 14.2 Å². The number of halogens is 1. The number of para-hydroxylation sites is 1. The molecule has 0 aliphatic carbocycles. The second kappa shape index (κ2) is 4.59. The topological polar surface area (TPSA) is 48.4 Å². The van der Waals surface area contributed by atoms with Gasteiger partial charge in [-0.25, -0.2) is 4.98 Å². The fourth-order valence-corrected chi connectivity index (χ4v) is 1.86. The first-order valence-corrected chi connectivity index (χ1v) is 5.27. The lowest BCUT2D eigenvalue weighted by atomic mass is 10.1. The van der Waals surface area contributed by atoms with Crippen molar-refractivity contribution in [3.05, 3.63) is 29.8 Å². The molecule has 1 heterocycles. The van der Waals surface area contributed by atoms with Crippen molar-refractivity contribution < 1.29 is 14.3 Å². The molecule has 0 N–H and O–H groups in total. The Morgan fingerprint density at radius 2 is 1.94 bits per heavy atom. The van der Waals surface area contributed by atoms with Gasteiger partial charge in [-0.15, -0.1) is 0 Å². The molecule has 0 amide bonds. The maximum absolute atomic E-state index is 11.4. The van der Waals surface area contributed by atoms with Crippen molar-refractivity contribution in [1.29, 1.82) is 0 Å². The Morgan fingerprint density at radius 1 is 1.24 bits per heavy atom. The van der Waals surface area contributed by atoms with Gasteiger partial charge in [0.2, 0.25) is 5.88 Å². The molecule has 0 aliphatic heterocycles. The molecule has 0 unspecified atom stereocenters. The van der Waals surface area contributed by atoms with Crippen molar-refractivity contribution in [2.24, 2.45) is 0 Å². The molecule has 5 heteroatoms. The lowest BCUT2D eigenvalue weighted by molar-refractivity contribution is 0.107. The zero-order chi connectivity index (χ0) is 12.4. The number of pyridine rings is 1. The van der Waals surface area contributed by atoms with Crippen molar-refractivity contribution in [1.82, 2.24) is 4.98 Å². The molecule has 0 spiro atoms. The average molecular weight is 252 g/mol. The van der Waals surface area contributed by atoms with Gasteiger partial charge in [0, 0.05) is 5.39 Å². The minimum Gasteiger partial charge on any atom is -0.495 e. The molecule has 0 aliphatic rings. The van der Waals surface area contributed by atoms with Crippen LogP contribution in [0.4, 0.5) is 0 Å². The van der Waals surface area contributed by atoms with Crippen molar-refractivity contribution >= 4 is 27.7 Å². The molecule has 0 saturated heterocycles. The summed E-state index contributed by atoms with van der Waals surface area (Å²) in [7, 11) is 2.91. The molecule has 17 heavy (non-hydrogen) atoms. The van der Waals surface area contributed by atoms with Gasteiger partial charge >= 0.3 is 0 Å². The maximum atomic E-state index is 11.4. The fraction of sp³-hybridized carbons (Fsp3) is 0.167. The predicted molar refractivity (Wildman–Crippen MR) is 65.0 cm³/mol. The SMILES string of the molecule is COc1nc2ccccc2c(OC)c1C(=O)Cl. The van der Waals surface area contributed by atoms with Crippen LogP contribution in [0, 0.1) is 0 Å². The maximum Gasteiger partial charge on any atom is 0.261 e. The summed E-state index contributed by atoms with van der Waals surface area (Å²) in [4.78, 5) is 15.6. The minimum atomic E-state index is -0.656. The molecule has 0 atom stereocenters. The summed E-state index contributed by atoms with van der Waals surface area (Å²) in [5, 5.41) is 0.0664. The third-order valence-corrected chi connectivity index (χ3v) is 2.59. The van der Waals surface area contributed by atoms with Gasteiger partial charge in [0.25, 0.3) is 5.24 Å². The molecule has 2 rings (SSSR count). The van der Waals surface area contributed by atoms with E-state index in [1.54, 1.807) is 0 Å². The first kappa shape index (κ1) is 11.7. The second-order valence-electron chi connectivity index (χ2n) is 3.32. The normalized spacial score (nSPS) is 10.3. The molecule has 2 aromatic rings. The quantitative estimate of drug-likeness (QED) is 0.787. The number of hydrogen-bond acceptors (Lipinski definition) is 4. The van der Waals surface area contributed by atoms with Crippen LogP contribution in [0.2, 0.25) is 0 Å². The summed E-state index contributed by atoms with van der Waals surface area (Å²) >= 11 is 5.53. The number of aromatic nitrogens is 1. The van der Waals surface area contributed by atoms with Gasteiger partial charge in [0.05, 0.1) is 19.7 Å². The first-order valence-electron chi connectivity index (χ1n) is 4.89. The van der Waals surface area contributed by atoms with Crippen LogP contribution in [0.5, 0.6) is 11.6 Å². The van der Waals surface area contributed by atoms with E-state index in [0.717, 1.165) is 5.39 Å². The number of methoxy groups -OCH3 is 2. The second-order valence-corrected chi connectivity index (χ2v) is 3.66. The molecular formula is C12H10ClNO3. The lowest BCUT2D eigenvalue weighted by Crippen LogP contribution is -2.03. The highest BCUT2D eigenvalue weighted by molar-refractivity contribution is 6.68. The zero-order valence-electron chi connectivity index (χ0n) is 9.36. The number of carbonyl (C=O) groups excluding carboxylic acids is 1. The third-order valence-electron chi connectivity index (χ3n) is 2.41. The van der Waals surface area contributed by atoms with Crippen molar-refractivity contribution in [3.63, 3.8) is 0 Å². The Labute approximate surface area is 103 Å². The molecule has 88 valence electrons. The smallest absolute Gasteiger partial charge is 0.261 e. The van der Waals surface area contributed by atoms with Gasteiger partial charge in [-0.1, -0.05) is 12.1 Å². The predicted octanol–water partition coefficient (Wildman–Crippen LogP) is 2.63. The Bertz CT molecular complexity index is 583. The highest BCUT2D eigenvalue weighted by Crippen LogP contribution is 2.35. The molecule has 0 bridgehead atoms. The third kappa shape index (κ3) is 1.91. The Hall–Kier alpha value is -1.81. The van der Waals surface area contributed by atoms with Crippen molar-refractivity contribution in [2.75, 3.05) is 14.2 Å². The van der Waals surface area contributed by atoms with Crippen LogP contribution in [0.3, 0.4) is 0 Å². The molecule has 4 nitrogen and oxygen atoms in total. The highest BCUT2D eigenvalue weighted by Gasteiger charge is 2.21. The summed E-state index contributed by atoms with van der Waals surface area (Å²) in [6, 6.07) is 7.30. The van der Waals surface area contributed by atoms with E-state index in [2.05, 4.69) is 4.98 Å². The zero-order valence-corrected chi connectivity index (χ0v) is 10.1. The van der Waals surface area contributed by atoms with E-state index < -0.39 is 5.24 Å². The van der Waals surface area contributed by atoms with Crippen molar-refractivity contribution in [3.8, 4) is 11.6 Å². The standard InChI is InChI=1S/C12H10ClNO3/c1-16-10-7-5-3-4-6-8(7)14-12(17-2)9(10)11(13)15/h3-6H,1-2H3. The van der Waals surface area contributed by atoms with E-state index in [-0.39, 0.29) is 11.4 Å². The number of rotatable bonds is 3. The number of carbonyl (C=O) groups is 1. The van der Waals surface area contributed by atoms with Crippen molar-refractivity contribution in [2.45, 2.75) is 0 Å². The highest BCUT2D eigenvalue weighted by atomic mass is 35.5. The Morgan fingerprint density at radius 3 is 2.53 bits per heavy atom. The number of fused-ring (bicyclic) bond motifs is 1. The first-order chi connectivity index (χ1) is 8.19. The molecule has 1 aromatic carbocycles. The molecule has 1 aromatic heterocycles. The Kier molecular flexibility index (Phi) is 3.15. The van der Waals surface area contributed by atoms with Crippen LogP contribution in [0.1, 0.15) is 10.4 Å². The van der Waals surface area contributed by atoms with Crippen LogP contribution >= 0.6 is 11.6 Å². The van der Waals surface area contributed by atoms with E-state index >= 15 is 0 Å². The van der Waals surface area contributed by atoms with Gasteiger partial charge in [-0.05, 0) is 23.7 Å². The van der Waals surface area contributed by atoms with Gasteiger partial charge in [-0.3, -0.25) is 4.79 Å². The Balaban J connectivity index is 2.89. The summed E-state index contributed by atoms with van der Waals surface area (Å²) in [5.41, 5.74) is 0.832. The van der Waals surface area contributed by atoms with Crippen LogP contribution in [-0.2, 0) is 0 Å². The van der Waals surface area contributed by atoms with Crippen LogP contribution in [0.25, 0.3) is 10.9 Å². The monoisotopic (exact) mass is 251 g/mol. The molecule has 0 radical (unpaired) electrons. The van der Waals surface area contributed by atoms with Gasteiger partial charge in [-0.2, -0.15) is 0 Å². The van der Waals surface area contributed by atoms with Crippen LogP contribution < -0.4 is 9.47 Å². The summed E-state index contributed by atoms with van der Waals surface area (Å²) in [6.45, 7) is 0. The van der Waals surface area contributed by atoms with E-state index in [0.29, 0.717) is 11.3 Å². The minimum absolute atomic E-state index is 0.148. The molecule has 0 fully saturated rings. The van der Waals surface area contributed by atoms with Crippen LogP contribution in [-0.4, -0.2) is 24.4 Å². The summed E-state index contributed by atoms with van der Waals surface area (Å²) in [5.74, 6) is 0.549. The number of nitrogens with zero attached hydrogens (tertiary/aromatic N) is 1. The van der Waals surface area contributed by atoms with E-state index in [1.807, 2.05) is 24.3 Å². The fourth-order valence-electron chi connectivity index (χ4n) is 1.69. The van der Waals surface area contributed by atoms with Crippen LogP contribution in [0.15, 0.2) is 24.3 Å². The number of hydrogen-bond donors (Lipinski definition) is 0. The van der Waals surface area contributed by atoms with E-state index in [4.69, 9.17) is 21.1 Å². The largest absolute Gasteiger partial charge is 0.495 e. The summed E-state index contributed by atoms with van der Waals surface area (Å²) < 4.78 is 10.3. The van der Waals surface area contributed by atoms with Gasteiger partial charge < -0.3 is 9.47 Å². The number of benzene rings is 1. The summed E-state index contributed by atoms with van der Waals surface area (Å²) in [6.07, 6.45) is 0. The van der Waals surface area contributed by atoms with Gasteiger partial charge in [0.15, 0.2) is 0 Å². The van der Waals surface area contributed by atoms with Gasteiger partial charge in [0.1, 0.15) is 11.3 Å². The molecular weight excluding hydrogens is 242 g/mol. The number of ether oxygens (including phenoxy) is 2. The average Bonchev–Trinajstić information content (AvgIpc) is 2.35. The lowest BCUT2D eigenvalue weighted by Gasteiger charge is -2.12. The van der Waals surface area contributed by atoms with E-state index in [9.17, 15) is 4.79 Å². The molecule has 0 saturated carbocycles.